The Morgan fingerprint density at radius 2 is 1.79 bits per heavy atom. The van der Waals surface area contributed by atoms with Gasteiger partial charge < -0.3 is 11.1 Å². The Hall–Kier alpha value is -1.84. The fraction of sp³-hybridized carbons (Fsp3) is 0.133. The Labute approximate surface area is 117 Å². The summed E-state index contributed by atoms with van der Waals surface area (Å²) in [6.45, 7) is 0.774. The largest absolute Gasteiger partial charge is 0.369 e. The number of benzene rings is 2. The van der Waals surface area contributed by atoms with Crippen molar-refractivity contribution in [3.63, 3.8) is 0 Å². The average molecular weight is 275 g/mol. The summed E-state index contributed by atoms with van der Waals surface area (Å²) in [4.78, 5) is 10.7. The molecule has 1 amide bonds. The predicted octanol–water partition coefficient (Wildman–Crippen LogP) is 2.58. The number of amides is 1. The van der Waals surface area contributed by atoms with Crippen LogP contribution in [0.4, 0.5) is 0 Å². The van der Waals surface area contributed by atoms with E-state index >= 15 is 0 Å². The summed E-state index contributed by atoms with van der Waals surface area (Å²) >= 11 is 5.89. The van der Waals surface area contributed by atoms with Crippen molar-refractivity contribution in [2.24, 2.45) is 5.73 Å². The standard InChI is InChI=1S/C15H15ClN2O/c16-13-7-5-11(6-8-13)14-4-2-1-3-12(14)9-18-10-15(17)19/h1-8,18H,9-10H2,(H2,17,19). The molecule has 0 unspecified atom stereocenters. The van der Waals surface area contributed by atoms with Gasteiger partial charge in [-0.1, -0.05) is 48.0 Å². The molecule has 2 rings (SSSR count). The molecular weight excluding hydrogens is 260 g/mol. The van der Waals surface area contributed by atoms with Crippen molar-refractivity contribution in [3.05, 3.63) is 59.1 Å². The zero-order chi connectivity index (χ0) is 13.7. The molecule has 2 aromatic carbocycles. The summed E-state index contributed by atoms with van der Waals surface area (Å²) in [6, 6.07) is 15.7. The Morgan fingerprint density at radius 3 is 2.47 bits per heavy atom. The first kappa shape index (κ1) is 13.6. The van der Waals surface area contributed by atoms with Gasteiger partial charge in [-0.3, -0.25) is 4.79 Å². The van der Waals surface area contributed by atoms with E-state index in [9.17, 15) is 4.79 Å². The molecule has 2 aromatic rings. The first-order valence-corrected chi connectivity index (χ1v) is 6.37. The highest BCUT2D eigenvalue weighted by Gasteiger charge is 2.04. The van der Waals surface area contributed by atoms with Gasteiger partial charge in [-0.25, -0.2) is 0 Å². The highest BCUT2D eigenvalue weighted by molar-refractivity contribution is 6.30. The third-order valence-corrected chi connectivity index (χ3v) is 3.04. The number of rotatable bonds is 5. The van der Waals surface area contributed by atoms with E-state index in [1.54, 1.807) is 0 Å². The Balaban J connectivity index is 2.20. The molecule has 0 bridgehead atoms. The van der Waals surface area contributed by atoms with Crippen LogP contribution >= 0.6 is 11.6 Å². The molecule has 3 N–H and O–H groups in total. The second-order valence-corrected chi connectivity index (χ2v) is 4.67. The fourth-order valence-electron chi connectivity index (χ4n) is 1.91. The van der Waals surface area contributed by atoms with Gasteiger partial charge in [0.2, 0.25) is 5.91 Å². The van der Waals surface area contributed by atoms with Gasteiger partial charge in [0.05, 0.1) is 6.54 Å². The quantitative estimate of drug-likeness (QED) is 0.880. The minimum atomic E-state index is -0.357. The maximum atomic E-state index is 10.7. The minimum Gasteiger partial charge on any atom is -0.369 e. The summed E-state index contributed by atoms with van der Waals surface area (Å²) in [6.07, 6.45) is 0. The molecular formula is C15H15ClN2O. The molecule has 3 nitrogen and oxygen atoms in total. The van der Waals surface area contributed by atoms with Gasteiger partial charge in [0.25, 0.3) is 0 Å². The number of primary amides is 1. The minimum absolute atomic E-state index is 0.176. The zero-order valence-electron chi connectivity index (χ0n) is 10.4. The van der Waals surface area contributed by atoms with E-state index in [1.165, 1.54) is 0 Å². The molecule has 0 aliphatic heterocycles. The van der Waals surface area contributed by atoms with Crippen LogP contribution in [-0.4, -0.2) is 12.5 Å². The number of carbonyl (C=O) groups is 1. The topological polar surface area (TPSA) is 55.1 Å². The molecule has 0 heterocycles. The number of hydrogen-bond donors (Lipinski definition) is 2. The van der Waals surface area contributed by atoms with Crippen LogP contribution in [0.2, 0.25) is 5.02 Å². The van der Waals surface area contributed by atoms with Crippen LogP contribution < -0.4 is 11.1 Å². The molecule has 0 saturated carbocycles. The van der Waals surface area contributed by atoms with Crippen molar-refractivity contribution in [2.75, 3.05) is 6.54 Å². The lowest BCUT2D eigenvalue weighted by Crippen LogP contribution is -2.28. The molecule has 98 valence electrons. The molecule has 0 fully saturated rings. The number of carbonyl (C=O) groups excluding carboxylic acids is 1. The van der Waals surface area contributed by atoms with Crippen LogP contribution in [0.15, 0.2) is 48.5 Å². The van der Waals surface area contributed by atoms with Crippen LogP contribution in [-0.2, 0) is 11.3 Å². The van der Waals surface area contributed by atoms with E-state index in [2.05, 4.69) is 5.32 Å². The molecule has 0 spiro atoms. The van der Waals surface area contributed by atoms with Crippen molar-refractivity contribution in [1.29, 1.82) is 0 Å². The van der Waals surface area contributed by atoms with Gasteiger partial charge in [0.1, 0.15) is 0 Å². The van der Waals surface area contributed by atoms with E-state index in [4.69, 9.17) is 17.3 Å². The van der Waals surface area contributed by atoms with Crippen molar-refractivity contribution in [3.8, 4) is 11.1 Å². The molecule has 0 radical (unpaired) electrons. The Morgan fingerprint density at radius 1 is 1.11 bits per heavy atom. The van der Waals surface area contributed by atoms with Gasteiger partial charge in [-0.15, -0.1) is 0 Å². The third-order valence-electron chi connectivity index (χ3n) is 2.79. The number of halogens is 1. The lowest BCUT2D eigenvalue weighted by atomic mass is 10.00. The van der Waals surface area contributed by atoms with Crippen LogP contribution in [0.25, 0.3) is 11.1 Å². The Bertz CT molecular complexity index is 567. The molecule has 0 saturated heterocycles. The second kappa shape index (κ2) is 6.36. The lowest BCUT2D eigenvalue weighted by molar-refractivity contribution is -0.117. The smallest absolute Gasteiger partial charge is 0.231 e. The van der Waals surface area contributed by atoms with Crippen molar-refractivity contribution >= 4 is 17.5 Å². The molecule has 0 atom stereocenters. The molecule has 0 aliphatic carbocycles. The van der Waals surface area contributed by atoms with Crippen molar-refractivity contribution < 1.29 is 4.79 Å². The maximum absolute atomic E-state index is 10.7. The van der Waals surface area contributed by atoms with Crippen molar-refractivity contribution in [1.82, 2.24) is 5.32 Å². The summed E-state index contributed by atoms with van der Waals surface area (Å²) in [7, 11) is 0. The van der Waals surface area contributed by atoms with Crippen LogP contribution in [0, 0.1) is 0 Å². The van der Waals surface area contributed by atoms with Gasteiger partial charge in [-0.2, -0.15) is 0 Å². The summed E-state index contributed by atoms with van der Waals surface area (Å²) < 4.78 is 0. The van der Waals surface area contributed by atoms with Gasteiger partial charge in [0, 0.05) is 11.6 Å². The molecule has 19 heavy (non-hydrogen) atoms. The molecule has 0 aliphatic rings. The van der Waals surface area contributed by atoms with Gasteiger partial charge >= 0.3 is 0 Å². The van der Waals surface area contributed by atoms with E-state index in [-0.39, 0.29) is 12.5 Å². The SMILES string of the molecule is NC(=O)CNCc1ccccc1-c1ccc(Cl)cc1. The number of hydrogen-bond acceptors (Lipinski definition) is 2. The predicted molar refractivity (Wildman–Crippen MR) is 77.8 cm³/mol. The van der Waals surface area contributed by atoms with Gasteiger partial charge in [-0.05, 0) is 28.8 Å². The van der Waals surface area contributed by atoms with Crippen LogP contribution in [0.1, 0.15) is 5.56 Å². The first-order valence-electron chi connectivity index (χ1n) is 5.99. The van der Waals surface area contributed by atoms with E-state index in [0.717, 1.165) is 16.7 Å². The highest BCUT2D eigenvalue weighted by Crippen LogP contribution is 2.25. The third kappa shape index (κ3) is 3.81. The van der Waals surface area contributed by atoms with E-state index in [1.807, 2.05) is 48.5 Å². The Kier molecular flexibility index (Phi) is 4.55. The summed E-state index contributed by atoms with van der Waals surface area (Å²) in [5.74, 6) is -0.357. The first-order chi connectivity index (χ1) is 9.16. The van der Waals surface area contributed by atoms with Crippen LogP contribution in [0.5, 0.6) is 0 Å². The molecule has 0 aromatic heterocycles. The van der Waals surface area contributed by atoms with Crippen molar-refractivity contribution in [2.45, 2.75) is 6.54 Å². The zero-order valence-corrected chi connectivity index (χ0v) is 11.2. The lowest BCUT2D eigenvalue weighted by Gasteiger charge is -2.10. The highest BCUT2D eigenvalue weighted by atomic mass is 35.5. The van der Waals surface area contributed by atoms with Gasteiger partial charge in [0.15, 0.2) is 0 Å². The van der Waals surface area contributed by atoms with E-state index in [0.29, 0.717) is 11.6 Å². The monoisotopic (exact) mass is 274 g/mol. The van der Waals surface area contributed by atoms with E-state index < -0.39 is 0 Å². The second-order valence-electron chi connectivity index (χ2n) is 4.23. The summed E-state index contributed by atoms with van der Waals surface area (Å²) in [5, 5.41) is 3.74. The normalized spacial score (nSPS) is 10.4. The van der Waals surface area contributed by atoms with Crippen LogP contribution in [0.3, 0.4) is 0 Å². The number of nitrogens with two attached hydrogens (primary N) is 1. The molecule has 4 heteroatoms. The number of nitrogens with one attached hydrogen (secondary N) is 1. The fourth-order valence-corrected chi connectivity index (χ4v) is 2.03. The summed E-state index contributed by atoms with van der Waals surface area (Å²) in [5.41, 5.74) is 8.44. The maximum Gasteiger partial charge on any atom is 0.231 e. The average Bonchev–Trinajstić information content (AvgIpc) is 2.40.